The number of thiophene rings is 1. The highest BCUT2D eigenvalue weighted by atomic mass is 32.1. The van der Waals surface area contributed by atoms with Crippen molar-refractivity contribution in [2.45, 2.75) is 33.7 Å². The van der Waals surface area contributed by atoms with E-state index in [9.17, 15) is 14.4 Å². The van der Waals surface area contributed by atoms with Crippen molar-refractivity contribution < 1.29 is 14.4 Å². The quantitative estimate of drug-likeness (QED) is 0.845. The van der Waals surface area contributed by atoms with Gasteiger partial charge in [0.05, 0.1) is 6.04 Å². The Morgan fingerprint density at radius 1 is 1.26 bits per heavy atom. The van der Waals surface area contributed by atoms with Crippen molar-refractivity contribution in [2.75, 3.05) is 0 Å². The topological polar surface area (TPSA) is 66.5 Å². The summed E-state index contributed by atoms with van der Waals surface area (Å²) in [5.74, 6) is -1.01. The van der Waals surface area contributed by atoms with Crippen LogP contribution in [-0.2, 0) is 9.59 Å². The van der Waals surface area contributed by atoms with Crippen LogP contribution < -0.4 is 5.32 Å². The third-order valence-electron chi connectivity index (χ3n) is 3.32. The van der Waals surface area contributed by atoms with Crippen molar-refractivity contribution in [1.82, 2.24) is 10.2 Å². The number of rotatable bonds is 2. The maximum Gasteiger partial charge on any atom is 0.331 e. The average Bonchev–Trinajstić information content (AvgIpc) is 2.74. The van der Waals surface area contributed by atoms with Crippen LogP contribution in [0, 0.1) is 12.3 Å². The van der Waals surface area contributed by atoms with E-state index in [0.29, 0.717) is 0 Å². The minimum atomic E-state index is -1.21. The molecule has 1 aromatic rings. The van der Waals surface area contributed by atoms with Gasteiger partial charge in [-0.1, -0.05) is 0 Å². The lowest BCUT2D eigenvalue weighted by atomic mass is 9.88. The van der Waals surface area contributed by atoms with Crippen molar-refractivity contribution >= 4 is 29.2 Å². The van der Waals surface area contributed by atoms with Crippen LogP contribution >= 0.6 is 11.3 Å². The van der Waals surface area contributed by atoms with Crippen LogP contribution in [0.25, 0.3) is 0 Å². The largest absolute Gasteiger partial charge is 0.331 e. The van der Waals surface area contributed by atoms with Crippen LogP contribution in [0.4, 0.5) is 4.79 Å². The molecule has 1 aliphatic heterocycles. The second-order valence-electron chi connectivity index (χ2n) is 5.18. The van der Waals surface area contributed by atoms with Gasteiger partial charge in [-0.05, 0) is 39.8 Å². The highest BCUT2D eigenvalue weighted by Gasteiger charge is 2.48. The first-order valence-corrected chi connectivity index (χ1v) is 6.82. The molecule has 19 heavy (non-hydrogen) atoms. The highest BCUT2D eigenvalue weighted by Crippen LogP contribution is 2.33. The Hall–Kier alpha value is -1.69. The molecule has 1 N–H and O–H groups in total. The van der Waals surface area contributed by atoms with E-state index in [2.05, 4.69) is 5.32 Å². The first-order valence-electron chi connectivity index (χ1n) is 6.00. The fourth-order valence-corrected chi connectivity index (χ4v) is 2.88. The zero-order valence-electron chi connectivity index (χ0n) is 11.3. The summed E-state index contributed by atoms with van der Waals surface area (Å²) in [6.07, 6.45) is 0. The Bertz CT molecular complexity index is 562. The molecule has 0 spiro atoms. The standard InChI is InChI=1S/C13H16N2O3S/c1-7-5-6-9(19-7)8(2)15-11(17)13(3,4)10(16)14-12(15)18/h5-6,8H,1-4H3,(H,14,16,18). The molecule has 0 saturated carbocycles. The van der Waals surface area contributed by atoms with Crippen molar-refractivity contribution in [2.24, 2.45) is 5.41 Å². The molecule has 1 aliphatic rings. The Balaban J connectivity index is 2.35. The van der Waals surface area contributed by atoms with Crippen LogP contribution in [0.1, 0.15) is 36.6 Å². The Labute approximate surface area is 115 Å². The third-order valence-corrected chi connectivity index (χ3v) is 4.49. The van der Waals surface area contributed by atoms with Gasteiger partial charge in [-0.25, -0.2) is 4.79 Å². The van der Waals surface area contributed by atoms with Gasteiger partial charge in [0.25, 0.3) is 0 Å². The van der Waals surface area contributed by atoms with Gasteiger partial charge >= 0.3 is 6.03 Å². The SMILES string of the molecule is Cc1ccc(C(C)N2C(=O)NC(=O)C(C)(C)C2=O)s1. The van der Waals surface area contributed by atoms with Gasteiger partial charge in [-0.15, -0.1) is 11.3 Å². The molecule has 6 heteroatoms. The summed E-state index contributed by atoms with van der Waals surface area (Å²) in [5, 5.41) is 2.24. The van der Waals surface area contributed by atoms with Crippen molar-refractivity contribution in [3.63, 3.8) is 0 Å². The maximum absolute atomic E-state index is 12.3. The number of urea groups is 1. The van der Waals surface area contributed by atoms with E-state index >= 15 is 0 Å². The summed E-state index contributed by atoms with van der Waals surface area (Å²) in [4.78, 5) is 39.1. The van der Waals surface area contributed by atoms with E-state index in [4.69, 9.17) is 0 Å². The van der Waals surface area contributed by atoms with Gasteiger partial charge < -0.3 is 0 Å². The fraction of sp³-hybridized carbons (Fsp3) is 0.462. The third kappa shape index (κ3) is 2.16. The lowest BCUT2D eigenvalue weighted by molar-refractivity contribution is -0.150. The van der Waals surface area contributed by atoms with Gasteiger partial charge in [0.2, 0.25) is 11.8 Å². The summed E-state index contributed by atoms with van der Waals surface area (Å²) in [6.45, 7) is 6.80. The smallest absolute Gasteiger partial charge is 0.277 e. The Morgan fingerprint density at radius 2 is 1.89 bits per heavy atom. The van der Waals surface area contributed by atoms with E-state index in [1.165, 1.54) is 25.2 Å². The lowest BCUT2D eigenvalue weighted by Gasteiger charge is -2.37. The Kier molecular flexibility index (Phi) is 3.22. The number of hydrogen-bond acceptors (Lipinski definition) is 4. The average molecular weight is 280 g/mol. The number of carbonyl (C=O) groups is 3. The summed E-state index contributed by atoms with van der Waals surface area (Å²) in [7, 11) is 0. The van der Waals surface area contributed by atoms with Crippen LogP contribution in [0.15, 0.2) is 12.1 Å². The number of hydrogen-bond donors (Lipinski definition) is 1. The first-order chi connectivity index (χ1) is 8.75. The van der Waals surface area contributed by atoms with Crippen LogP contribution in [0.3, 0.4) is 0 Å². The molecule has 1 atom stereocenters. The van der Waals surface area contributed by atoms with Crippen molar-refractivity contribution in [3.8, 4) is 0 Å². The van der Waals surface area contributed by atoms with Gasteiger partial charge in [0, 0.05) is 9.75 Å². The normalized spacial score (nSPS) is 20.4. The highest BCUT2D eigenvalue weighted by molar-refractivity contribution is 7.12. The first kappa shape index (κ1) is 13.7. The Morgan fingerprint density at radius 3 is 2.42 bits per heavy atom. The molecular formula is C13H16N2O3S. The van der Waals surface area contributed by atoms with Crippen molar-refractivity contribution in [3.05, 3.63) is 21.9 Å². The molecule has 0 bridgehead atoms. The minimum absolute atomic E-state index is 0.376. The number of nitrogens with one attached hydrogen (secondary N) is 1. The molecule has 102 valence electrons. The summed E-state index contributed by atoms with van der Waals surface area (Å²) in [6, 6.07) is 2.82. The fourth-order valence-electron chi connectivity index (χ4n) is 1.96. The molecule has 1 unspecified atom stereocenters. The number of barbiturate groups is 1. The number of nitrogens with zero attached hydrogens (tertiary/aromatic N) is 1. The molecule has 5 nitrogen and oxygen atoms in total. The molecule has 2 heterocycles. The minimum Gasteiger partial charge on any atom is -0.277 e. The van der Waals surface area contributed by atoms with Gasteiger partial charge in [-0.2, -0.15) is 0 Å². The van der Waals surface area contributed by atoms with E-state index < -0.39 is 23.3 Å². The molecule has 0 aromatic carbocycles. The molecular weight excluding hydrogens is 264 g/mol. The predicted octanol–water partition coefficient (Wildman–Crippen LogP) is 2.22. The summed E-state index contributed by atoms with van der Waals surface area (Å²) >= 11 is 1.54. The second-order valence-corrected chi connectivity index (χ2v) is 6.50. The van der Waals surface area contributed by atoms with E-state index in [0.717, 1.165) is 14.7 Å². The van der Waals surface area contributed by atoms with Gasteiger partial charge in [0.15, 0.2) is 0 Å². The van der Waals surface area contributed by atoms with Crippen LogP contribution in [-0.4, -0.2) is 22.7 Å². The zero-order chi connectivity index (χ0) is 14.4. The van der Waals surface area contributed by atoms with Gasteiger partial charge in [-0.3, -0.25) is 19.8 Å². The molecule has 0 radical (unpaired) electrons. The number of imide groups is 2. The van der Waals surface area contributed by atoms with E-state index in [-0.39, 0.29) is 6.04 Å². The monoisotopic (exact) mass is 280 g/mol. The molecule has 4 amide bonds. The van der Waals surface area contributed by atoms with Gasteiger partial charge in [0.1, 0.15) is 5.41 Å². The molecule has 2 rings (SSSR count). The van der Waals surface area contributed by atoms with Crippen LogP contribution in [0.5, 0.6) is 0 Å². The number of amides is 4. The number of aryl methyl sites for hydroxylation is 1. The summed E-state index contributed by atoms with van der Waals surface area (Å²) < 4.78 is 0. The van der Waals surface area contributed by atoms with E-state index in [1.807, 2.05) is 19.1 Å². The second kappa shape index (κ2) is 4.45. The van der Waals surface area contributed by atoms with E-state index in [1.54, 1.807) is 6.92 Å². The molecule has 1 aromatic heterocycles. The molecule has 1 saturated heterocycles. The molecule has 0 aliphatic carbocycles. The zero-order valence-corrected chi connectivity index (χ0v) is 12.1. The predicted molar refractivity (Wildman–Crippen MR) is 71.6 cm³/mol. The molecule has 1 fully saturated rings. The lowest BCUT2D eigenvalue weighted by Crippen LogP contribution is -2.62. The van der Waals surface area contributed by atoms with Crippen molar-refractivity contribution in [1.29, 1.82) is 0 Å². The maximum atomic E-state index is 12.3. The summed E-state index contributed by atoms with van der Waals surface area (Å²) in [5.41, 5.74) is -1.21. The van der Waals surface area contributed by atoms with Crippen LogP contribution in [0.2, 0.25) is 0 Å². The number of carbonyl (C=O) groups excluding carboxylic acids is 3.